The summed E-state index contributed by atoms with van der Waals surface area (Å²) in [6, 6.07) is 10.3. The Labute approximate surface area is 140 Å². The van der Waals surface area contributed by atoms with Crippen LogP contribution in [0.5, 0.6) is 0 Å². The van der Waals surface area contributed by atoms with Crippen molar-refractivity contribution in [3.8, 4) is 0 Å². The van der Waals surface area contributed by atoms with E-state index < -0.39 is 0 Å². The van der Waals surface area contributed by atoms with Crippen LogP contribution < -0.4 is 10.6 Å². The molecule has 0 saturated carbocycles. The number of hydrogen-bond acceptors (Lipinski definition) is 2. The molecule has 1 aromatic carbocycles. The largest absolute Gasteiger partial charge is 0.352 e. The molecule has 0 aliphatic carbocycles. The van der Waals surface area contributed by atoms with Gasteiger partial charge in [-0.05, 0) is 30.9 Å². The number of hydrogen-bond donors (Lipinski definition) is 2. The van der Waals surface area contributed by atoms with E-state index >= 15 is 0 Å². The zero-order valence-electron chi connectivity index (χ0n) is 13.5. The van der Waals surface area contributed by atoms with Gasteiger partial charge in [-0.1, -0.05) is 55.8 Å². The zero-order valence-corrected chi connectivity index (χ0v) is 14.3. The minimum Gasteiger partial charge on any atom is -0.352 e. The molecule has 0 radical (unpaired) electrons. The first-order valence-electron chi connectivity index (χ1n) is 7.87. The van der Waals surface area contributed by atoms with Gasteiger partial charge in [0.15, 0.2) is 0 Å². The number of halogens is 1. The Bertz CT molecular complexity index is 485. The molecule has 22 heavy (non-hydrogen) atoms. The molecule has 0 aromatic heterocycles. The number of rotatable bonds is 6. The van der Waals surface area contributed by atoms with Crippen LogP contribution in [0.15, 0.2) is 42.0 Å². The summed E-state index contributed by atoms with van der Waals surface area (Å²) in [5, 5.41) is 6.41. The molecule has 1 heterocycles. The second-order valence-electron chi connectivity index (χ2n) is 6.07. The van der Waals surface area contributed by atoms with Crippen molar-refractivity contribution in [1.29, 1.82) is 0 Å². The van der Waals surface area contributed by atoms with Crippen LogP contribution in [0.3, 0.4) is 0 Å². The van der Waals surface area contributed by atoms with Crippen molar-refractivity contribution in [2.45, 2.75) is 26.7 Å². The summed E-state index contributed by atoms with van der Waals surface area (Å²) in [7, 11) is 0. The lowest BCUT2D eigenvalue weighted by atomic mass is 9.88. The predicted octanol–water partition coefficient (Wildman–Crippen LogP) is 2.96. The van der Waals surface area contributed by atoms with E-state index in [9.17, 15) is 4.79 Å². The molecule has 1 atom stereocenters. The number of amides is 1. The lowest BCUT2D eigenvalue weighted by molar-refractivity contribution is -0.126. The highest BCUT2D eigenvalue weighted by Crippen LogP contribution is 2.18. The monoisotopic (exact) mass is 322 g/mol. The summed E-state index contributed by atoms with van der Waals surface area (Å²) in [5.41, 5.74) is 2.57. The van der Waals surface area contributed by atoms with Crippen LogP contribution >= 0.6 is 12.4 Å². The highest BCUT2D eigenvalue weighted by atomic mass is 35.5. The Kier molecular flexibility index (Phi) is 8.21. The maximum absolute atomic E-state index is 12.5. The molecular weight excluding hydrogens is 296 g/mol. The minimum absolute atomic E-state index is 0. The first kappa shape index (κ1) is 18.7. The second kappa shape index (κ2) is 9.65. The van der Waals surface area contributed by atoms with E-state index in [1.807, 2.05) is 18.2 Å². The van der Waals surface area contributed by atoms with Gasteiger partial charge in [-0.15, -0.1) is 12.4 Å². The van der Waals surface area contributed by atoms with Crippen LogP contribution in [0.2, 0.25) is 0 Å². The van der Waals surface area contributed by atoms with Crippen molar-refractivity contribution < 1.29 is 4.79 Å². The van der Waals surface area contributed by atoms with Crippen molar-refractivity contribution in [3.05, 3.63) is 47.5 Å². The van der Waals surface area contributed by atoms with E-state index in [0.717, 1.165) is 25.9 Å². The molecule has 0 saturated heterocycles. The van der Waals surface area contributed by atoms with Crippen LogP contribution in [0.4, 0.5) is 0 Å². The van der Waals surface area contributed by atoms with Crippen LogP contribution in [-0.2, 0) is 11.2 Å². The Morgan fingerprint density at radius 2 is 2.00 bits per heavy atom. The summed E-state index contributed by atoms with van der Waals surface area (Å²) in [4.78, 5) is 12.5. The molecule has 122 valence electrons. The SMILES string of the molecule is CC(C)C(Cc1ccccc1)C(=O)NCC1=CCNCC1.Cl. The fraction of sp³-hybridized carbons (Fsp3) is 0.500. The number of benzene rings is 1. The quantitative estimate of drug-likeness (QED) is 0.791. The maximum atomic E-state index is 12.5. The normalized spacial score (nSPS) is 15.7. The smallest absolute Gasteiger partial charge is 0.223 e. The van der Waals surface area contributed by atoms with E-state index in [1.54, 1.807) is 0 Å². The van der Waals surface area contributed by atoms with Crippen LogP contribution in [0.1, 0.15) is 25.8 Å². The molecule has 1 aliphatic heterocycles. The summed E-state index contributed by atoms with van der Waals surface area (Å²) in [5.74, 6) is 0.551. The van der Waals surface area contributed by atoms with Gasteiger partial charge >= 0.3 is 0 Å². The van der Waals surface area contributed by atoms with E-state index in [0.29, 0.717) is 12.5 Å². The number of carbonyl (C=O) groups excluding carboxylic acids is 1. The van der Waals surface area contributed by atoms with Crippen molar-refractivity contribution in [2.75, 3.05) is 19.6 Å². The van der Waals surface area contributed by atoms with Gasteiger partial charge in [-0.2, -0.15) is 0 Å². The molecule has 2 rings (SSSR count). The van der Waals surface area contributed by atoms with Crippen molar-refractivity contribution in [2.24, 2.45) is 11.8 Å². The summed E-state index contributed by atoms with van der Waals surface area (Å²) >= 11 is 0. The highest BCUT2D eigenvalue weighted by molar-refractivity contribution is 5.85. The number of nitrogens with one attached hydrogen (secondary N) is 2. The Morgan fingerprint density at radius 3 is 2.59 bits per heavy atom. The summed E-state index contributed by atoms with van der Waals surface area (Å²) in [6.45, 7) is 6.87. The average molecular weight is 323 g/mol. The Hall–Kier alpha value is -1.32. The summed E-state index contributed by atoms with van der Waals surface area (Å²) in [6.07, 6.45) is 4.03. The Balaban J connectivity index is 0.00000242. The van der Waals surface area contributed by atoms with Gasteiger partial charge in [0.05, 0.1) is 0 Å². The molecule has 0 spiro atoms. The van der Waals surface area contributed by atoms with E-state index in [-0.39, 0.29) is 24.2 Å². The first-order valence-corrected chi connectivity index (χ1v) is 7.87. The van der Waals surface area contributed by atoms with Gasteiger partial charge in [-0.3, -0.25) is 4.79 Å². The molecule has 1 amide bonds. The molecule has 0 bridgehead atoms. The van der Waals surface area contributed by atoms with E-state index in [4.69, 9.17) is 0 Å². The lowest BCUT2D eigenvalue weighted by Gasteiger charge is -2.22. The summed E-state index contributed by atoms with van der Waals surface area (Å²) < 4.78 is 0. The molecule has 1 aromatic rings. The molecule has 3 nitrogen and oxygen atoms in total. The highest BCUT2D eigenvalue weighted by Gasteiger charge is 2.22. The van der Waals surface area contributed by atoms with Gasteiger partial charge in [0.1, 0.15) is 0 Å². The third-order valence-electron chi connectivity index (χ3n) is 4.09. The third kappa shape index (κ3) is 5.82. The fourth-order valence-corrected chi connectivity index (χ4v) is 2.66. The fourth-order valence-electron chi connectivity index (χ4n) is 2.66. The van der Waals surface area contributed by atoms with Gasteiger partial charge in [0.25, 0.3) is 0 Å². The number of carbonyl (C=O) groups is 1. The first-order chi connectivity index (χ1) is 10.2. The topological polar surface area (TPSA) is 41.1 Å². The van der Waals surface area contributed by atoms with Crippen LogP contribution in [-0.4, -0.2) is 25.5 Å². The van der Waals surface area contributed by atoms with E-state index in [2.05, 4.69) is 42.7 Å². The van der Waals surface area contributed by atoms with Gasteiger partial charge < -0.3 is 10.6 Å². The van der Waals surface area contributed by atoms with Crippen LogP contribution in [0.25, 0.3) is 0 Å². The predicted molar refractivity (Wildman–Crippen MR) is 94.3 cm³/mol. The zero-order chi connectivity index (χ0) is 15.1. The molecule has 1 aliphatic rings. The third-order valence-corrected chi connectivity index (χ3v) is 4.09. The van der Waals surface area contributed by atoms with Gasteiger partial charge in [0, 0.05) is 19.0 Å². The average Bonchev–Trinajstić information content (AvgIpc) is 2.52. The minimum atomic E-state index is 0. The Morgan fingerprint density at radius 1 is 1.27 bits per heavy atom. The lowest BCUT2D eigenvalue weighted by Crippen LogP contribution is -2.37. The molecule has 4 heteroatoms. The van der Waals surface area contributed by atoms with Crippen molar-refractivity contribution in [3.63, 3.8) is 0 Å². The second-order valence-corrected chi connectivity index (χ2v) is 6.07. The van der Waals surface area contributed by atoms with Crippen LogP contribution in [0, 0.1) is 11.8 Å². The maximum Gasteiger partial charge on any atom is 0.223 e. The van der Waals surface area contributed by atoms with Crippen molar-refractivity contribution in [1.82, 2.24) is 10.6 Å². The van der Waals surface area contributed by atoms with E-state index in [1.165, 1.54) is 11.1 Å². The molecular formula is C18H27ClN2O. The molecule has 0 fully saturated rings. The molecule has 1 unspecified atom stereocenters. The van der Waals surface area contributed by atoms with Gasteiger partial charge in [-0.25, -0.2) is 0 Å². The van der Waals surface area contributed by atoms with Crippen molar-refractivity contribution >= 4 is 18.3 Å². The molecule has 2 N–H and O–H groups in total. The standard InChI is InChI=1S/C18H26N2O.ClH/c1-14(2)17(12-15-6-4-3-5-7-15)18(21)20-13-16-8-10-19-11-9-16;/h3-8,14,17,19H,9-13H2,1-2H3,(H,20,21);1H. The van der Waals surface area contributed by atoms with Gasteiger partial charge in [0.2, 0.25) is 5.91 Å².